The molecule has 0 radical (unpaired) electrons. The molecule has 0 saturated carbocycles. The molecule has 0 aliphatic carbocycles. The second-order valence-electron chi connectivity index (χ2n) is 5.55. The van der Waals surface area contributed by atoms with Crippen LogP contribution < -0.4 is 10.1 Å². The third kappa shape index (κ3) is 3.41. The molecule has 0 amide bonds. The number of ether oxygens (including phenoxy) is 2. The van der Waals surface area contributed by atoms with Gasteiger partial charge in [0.15, 0.2) is 5.65 Å². The first-order chi connectivity index (χ1) is 11.9. The number of hydrogen-bond donors (Lipinski definition) is 1. The highest BCUT2D eigenvalue weighted by Gasteiger charge is 2.17. The van der Waals surface area contributed by atoms with Gasteiger partial charge >= 0.3 is 0 Å². The standard InChI is InChI=1S/C17H17N5O2/c1-2-15(22-17-14(1)18-6-7-20-17)21-10-12-3-5-19-16(9-12)24-13-4-8-23-11-13/h1-3,5-7,9,13H,4,8,10-11H2,(H,20,21,22). The topological polar surface area (TPSA) is 82.1 Å². The molecule has 1 aliphatic rings. The zero-order valence-electron chi connectivity index (χ0n) is 13.1. The number of nitrogens with zero attached hydrogens (tertiary/aromatic N) is 4. The zero-order valence-corrected chi connectivity index (χ0v) is 13.1. The van der Waals surface area contributed by atoms with E-state index in [4.69, 9.17) is 9.47 Å². The Hall–Kier alpha value is -2.80. The lowest BCUT2D eigenvalue weighted by molar-refractivity contribution is 0.138. The van der Waals surface area contributed by atoms with Crippen LogP contribution in [0.2, 0.25) is 0 Å². The quantitative estimate of drug-likeness (QED) is 0.770. The normalized spacial score (nSPS) is 17.1. The molecule has 3 aromatic rings. The molecule has 24 heavy (non-hydrogen) atoms. The fourth-order valence-corrected chi connectivity index (χ4v) is 2.55. The number of rotatable bonds is 5. The molecule has 0 bridgehead atoms. The van der Waals surface area contributed by atoms with Gasteiger partial charge in [-0.2, -0.15) is 0 Å². The molecular weight excluding hydrogens is 306 g/mol. The van der Waals surface area contributed by atoms with E-state index in [-0.39, 0.29) is 6.10 Å². The van der Waals surface area contributed by atoms with Crippen LogP contribution in [0.15, 0.2) is 42.9 Å². The first-order valence-electron chi connectivity index (χ1n) is 7.88. The molecule has 0 aromatic carbocycles. The Bertz CT molecular complexity index is 836. The lowest BCUT2D eigenvalue weighted by atomic mass is 10.2. The lowest BCUT2D eigenvalue weighted by Crippen LogP contribution is -2.16. The van der Waals surface area contributed by atoms with E-state index in [1.165, 1.54) is 0 Å². The minimum Gasteiger partial charge on any atom is -0.472 e. The van der Waals surface area contributed by atoms with Gasteiger partial charge in [0, 0.05) is 37.6 Å². The number of fused-ring (bicyclic) bond motifs is 1. The molecule has 0 spiro atoms. The fourth-order valence-electron chi connectivity index (χ4n) is 2.55. The third-order valence-electron chi connectivity index (χ3n) is 3.78. The summed E-state index contributed by atoms with van der Waals surface area (Å²) in [5, 5.41) is 3.29. The molecule has 4 rings (SSSR count). The molecule has 1 fully saturated rings. The molecule has 122 valence electrons. The summed E-state index contributed by atoms with van der Waals surface area (Å²) in [6.45, 7) is 2.01. The Kier molecular flexibility index (Phi) is 4.16. The lowest BCUT2D eigenvalue weighted by Gasteiger charge is -2.12. The second kappa shape index (κ2) is 6.76. The first-order valence-corrected chi connectivity index (χ1v) is 7.88. The highest BCUT2D eigenvalue weighted by Crippen LogP contribution is 2.17. The van der Waals surface area contributed by atoms with Gasteiger partial charge in [0.1, 0.15) is 17.4 Å². The van der Waals surface area contributed by atoms with Gasteiger partial charge in [-0.3, -0.25) is 4.98 Å². The van der Waals surface area contributed by atoms with Crippen molar-refractivity contribution in [3.63, 3.8) is 0 Å². The van der Waals surface area contributed by atoms with Crippen molar-refractivity contribution >= 4 is 17.0 Å². The molecule has 4 heterocycles. The molecule has 7 heteroatoms. The predicted octanol–water partition coefficient (Wildman–Crippen LogP) is 2.20. The van der Waals surface area contributed by atoms with E-state index in [1.807, 2.05) is 24.3 Å². The van der Waals surface area contributed by atoms with Crippen LogP contribution in [0.5, 0.6) is 5.88 Å². The van der Waals surface area contributed by atoms with Crippen molar-refractivity contribution in [3.8, 4) is 5.88 Å². The molecular formula is C17H17N5O2. The number of aromatic nitrogens is 4. The number of nitrogens with one attached hydrogen (secondary N) is 1. The maximum Gasteiger partial charge on any atom is 0.213 e. The molecule has 1 saturated heterocycles. The van der Waals surface area contributed by atoms with Crippen LogP contribution in [0, 0.1) is 0 Å². The van der Waals surface area contributed by atoms with E-state index in [0.717, 1.165) is 29.9 Å². The van der Waals surface area contributed by atoms with Crippen molar-refractivity contribution in [2.75, 3.05) is 18.5 Å². The van der Waals surface area contributed by atoms with Gasteiger partial charge in [0.25, 0.3) is 0 Å². The summed E-state index contributed by atoms with van der Waals surface area (Å²) < 4.78 is 11.1. The van der Waals surface area contributed by atoms with Gasteiger partial charge in [-0.05, 0) is 23.8 Å². The largest absolute Gasteiger partial charge is 0.472 e. The highest BCUT2D eigenvalue weighted by atomic mass is 16.5. The minimum absolute atomic E-state index is 0.0986. The van der Waals surface area contributed by atoms with Crippen molar-refractivity contribution in [1.82, 2.24) is 19.9 Å². The van der Waals surface area contributed by atoms with Crippen molar-refractivity contribution < 1.29 is 9.47 Å². The monoisotopic (exact) mass is 323 g/mol. The Morgan fingerprint density at radius 3 is 3.00 bits per heavy atom. The van der Waals surface area contributed by atoms with Gasteiger partial charge < -0.3 is 14.8 Å². The molecule has 7 nitrogen and oxygen atoms in total. The van der Waals surface area contributed by atoms with E-state index in [0.29, 0.717) is 24.7 Å². The second-order valence-corrected chi connectivity index (χ2v) is 5.55. The summed E-state index contributed by atoms with van der Waals surface area (Å²) in [6, 6.07) is 7.68. The number of anilines is 1. The summed E-state index contributed by atoms with van der Waals surface area (Å²) in [7, 11) is 0. The average Bonchev–Trinajstić information content (AvgIpc) is 3.13. The maximum absolute atomic E-state index is 5.83. The highest BCUT2D eigenvalue weighted by molar-refractivity contribution is 5.71. The van der Waals surface area contributed by atoms with Gasteiger partial charge in [-0.1, -0.05) is 0 Å². The summed E-state index contributed by atoms with van der Waals surface area (Å²) >= 11 is 0. The summed E-state index contributed by atoms with van der Waals surface area (Å²) in [5.74, 6) is 1.38. The molecule has 1 aliphatic heterocycles. The SMILES string of the molecule is c1cc(CNc2ccc3nccnc3n2)cc(OC2CCOC2)n1. The summed E-state index contributed by atoms with van der Waals surface area (Å²) in [6.07, 6.45) is 6.05. The minimum atomic E-state index is 0.0986. The van der Waals surface area contributed by atoms with Crippen molar-refractivity contribution in [2.45, 2.75) is 19.1 Å². The van der Waals surface area contributed by atoms with E-state index >= 15 is 0 Å². The third-order valence-corrected chi connectivity index (χ3v) is 3.78. The van der Waals surface area contributed by atoms with Crippen molar-refractivity contribution in [2.24, 2.45) is 0 Å². The predicted molar refractivity (Wildman–Crippen MR) is 88.7 cm³/mol. The van der Waals surface area contributed by atoms with Crippen LogP contribution in [-0.2, 0) is 11.3 Å². The number of hydrogen-bond acceptors (Lipinski definition) is 7. The van der Waals surface area contributed by atoms with Crippen LogP contribution in [-0.4, -0.2) is 39.3 Å². The molecule has 1 atom stereocenters. The smallest absolute Gasteiger partial charge is 0.213 e. The average molecular weight is 323 g/mol. The molecule has 1 N–H and O–H groups in total. The van der Waals surface area contributed by atoms with Crippen LogP contribution in [0.4, 0.5) is 5.82 Å². The Labute approximate surface area is 139 Å². The van der Waals surface area contributed by atoms with Crippen molar-refractivity contribution in [1.29, 1.82) is 0 Å². The van der Waals surface area contributed by atoms with Crippen LogP contribution in [0.1, 0.15) is 12.0 Å². The first kappa shape index (κ1) is 14.8. The van der Waals surface area contributed by atoms with Crippen LogP contribution in [0.3, 0.4) is 0 Å². The summed E-state index contributed by atoms with van der Waals surface area (Å²) in [4.78, 5) is 17.1. The molecule has 1 unspecified atom stereocenters. The van der Waals surface area contributed by atoms with Crippen LogP contribution in [0.25, 0.3) is 11.2 Å². The van der Waals surface area contributed by atoms with Crippen LogP contribution >= 0.6 is 0 Å². The maximum atomic E-state index is 5.83. The van der Waals surface area contributed by atoms with Gasteiger partial charge in [-0.15, -0.1) is 0 Å². The van der Waals surface area contributed by atoms with E-state index in [1.54, 1.807) is 18.6 Å². The molecule has 3 aromatic heterocycles. The fraction of sp³-hybridized carbons (Fsp3) is 0.294. The van der Waals surface area contributed by atoms with Gasteiger partial charge in [0.05, 0.1) is 13.2 Å². The Balaban J connectivity index is 1.42. The van der Waals surface area contributed by atoms with Gasteiger partial charge in [0.2, 0.25) is 5.88 Å². The van der Waals surface area contributed by atoms with E-state index in [9.17, 15) is 0 Å². The van der Waals surface area contributed by atoms with E-state index < -0.39 is 0 Å². The van der Waals surface area contributed by atoms with Gasteiger partial charge in [-0.25, -0.2) is 15.0 Å². The number of pyridine rings is 2. The Morgan fingerprint density at radius 1 is 1.12 bits per heavy atom. The zero-order chi connectivity index (χ0) is 16.2. The summed E-state index contributed by atoms with van der Waals surface area (Å²) in [5.41, 5.74) is 2.48. The van der Waals surface area contributed by atoms with E-state index in [2.05, 4.69) is 25.3 Å². The Morgan fingerprint density at radius 2 is 2.08 bits per heavy atom. The van der Waals surface area contributed by atoms with Crippen molar-refractivity contribution in [3.05, 3.63) is 48.4 Å².